The topological polar surface area (TPSA) is 89.6 Å². The third kappa shape index (κ3) is 4.31. The number of carboxylic acids is 1. The van der Waals surface area contributed by atoms with Gasteiger partial charge in [0.05, 0.1) is 6.61 Å². The lowest BCUT2D eigenvalue weighted by Gasteiger charge is -1.99. The van der Waals surface area contributed by atoms with Crippen molar-refractivity contribution >= 4 is 23.0 Å². The Balaban J connectivity index is 0.000000288. The second kappa shape index (κ2) is 5.72. The minimum absolute atomic E-state index is 0.0185. The van der Waals surface area contributed by atoms with Gasteiger partial charge in [-0.15, -0.1) is 6.58 Å². The van der Waals surface area contributed by atoms with Gasteiger partial charge in [-0.2, -0.15) is 0 Å². The van der Waals surface area contributed by atoms with E-state index < -0.39 is 16.9 Å². The largest absolute Gasteiger partial charge is 0.480 e. The van der Waals surface area contributed by atoms with Crippen LogP contribution >= 0.6 is 11.6 Å². The summed E-state index contributed by atoms with van der Waals surface area (Å²) in [7, 11) is 0. The highest BCUT2D eigenvalue weighted by atomic mass is 35.5. The molecule has 0 aliphatic heterocycles. The highest BCUT2D eigenvalue weighted by Crippen LogP contribution is 2.41. The standard InChI is InChI=1S/C6H9NO2.C3H5ClO2/c1-2-4-3-6(4,7)5(8)9;1-2-6-3(4)5/h2,4H,1,3,7H2,(H,8,9);2H2,1H3/t4-,6-;/m1./s1. The predicted octanol–water partition coefficient (Wildman–Crippen LogP) is 1.36. The van der Waals surface area contributed by atoms with Gasteiger partial charge >= 0.3 is 11.4 Å². The second-order valence-electron chi connectivity index (χ2n) is 3.06. The number of rotatable bonds is 3. The van der Waals surface area contributed by atoms with Gasteiger partial charge in [-0.25, -0.2) is 4.79 Å². The zero-order valence-electron chi connectivity index (χ0n) is 8.40. The van der Waals surface area contributed by atoms with Crippen LogP contribution in [0.25, 0.3) is 0 Å². The number of hydrogen-bond acceptors (Lipinski definition) is 4. The van der Waals surface area contributed by atoms with Crippen LogP contribution in [0.2, 0.25) is 0 Å². The quantitative estimate of drug-likeness (QED) is 0.569. The summed E-state index contributed by atoms with van der Waals surface area (Å²) in [6, 6.07) is 0. The Hall–Kier alpha value is -1.07. The van der Waals surface area contributed by atoms with E-state index in [2.05, 4.69) is 11.3 Å². The number of hydrogen-bond donors (Lipinski definition) is 2. The Labute approximate surface area is 92.8 Å². The van der Waals surface area contributed by atoms with Crippen LogP contribution in [0, 0.1) is 5.92 Å². The van der Waals surface area contributed by atoms with Crippen molar-refractivity contribution in [3.63, 3.8) is 0 Å². The monoisotopic (exact) mass is 235 g/mol. The summed E-state index contributed by atoms with van der Waals surface area (Å²) in [6.07, 6.45) is 2.12. The van der Waals surface area contributed by atoms with E-state index in [9.17, 15) is 9.59 Å². The maximum absolute atomic E-state index is 10.3. The van der Waals surface area contributed by atoms with Crippen LogP contribution in [-0.2, 0) is 9.53 Å². The number of carbonyl (C=O) groups excluding carboxylic acids is 1. The number of aliphatic carboxylic acids is 1. The molecule has 0 amide bonds. The number of carbonyl (C=O) groups is 2. The Bertz CT molecular complexity index is 269. The molecule has 0 unspecified atom stereocenters. The van der Waals surface area contributed by atoms with Gasteiger partial charge < -0.3 is 15.6 Å². The van der Waals surface area contributed by atoms with E-state index in [-0.39, 0.29) is 5.92 Å². The Morgan fingerprint density at radius 1 is 1.80 bits per heavy atom. The van der Waals surface area contributed by atoms with Crippen molar-refractivity contribution in [1.82, 2.24) is 0 Å². The molecule has 0 spiro atoms. The van der Waals surface area contributed by atoms with Crippen LogP contribution in [0.5, 0.6) is 0 Å². The van der Waals surface area contributed by atoms with Gasteiger partial charge in [0.1, 0.15) is 5.54 Å². The van der Waals surface area contributed by atoms with E-state index >= 15 is 0 Å². The molecule has 3 N–H and O–H groups in total. The SMILES string of the molecule is C=C[C@@H]1C[C@]1(N)C(=O)O.CCOC(=O)Cl. The van der Waals surface area contributed by atoms with Gasteiger partial charge in [-0.1, -0.05) is 6.08 Å². The lowest BCUT2D eigenvalue weighted by Crippen LogP contribution is -2.34. The second-order valence-corrected chi connectivity index (χ2v) is 3.37. The zero-order valence-corrected chi connectivity index (χ0v) is 9.16. The van der Waals surface area contributed by atoms with Crippen molar-refractivity contribution in [2.24, 2.45) is 11.7 Å². The predicted molar refractivity (Wildman–Crippen MR) is 55.7 cm³/mol. The maximum Gasteiger partial charge on any atom is 0.403 e. The Morgan fingerprint density at radius 2 is 2.33 bits per heavy atom. The molecule has 0 radical (unpaired) electrons. The van der Waals surface area contributed by atoms with Crippen molar-refractivity contribution in [2.45, 2.75) is 18.9 Å². The van der Waals surface area contributed by atoms with Crippen molar-refractivity contribution < 1.29 is 19.4 Å². The molecule has 86 valence electrons. The third-order valence-electron chi connectivity index (χ3n) is 2.00. The number of ether oxygens (including phenoxy) is 1. The number of halogens is 1. The maximum atomic E-state index is 10.3. The fraction of sp³-hybridized carbons (Fsp3) is 0.556. The molecule has 15 heavy (non-hydrogen) atoms. The Morgan fingerprint density at radius 3 is 2.40 bits per heavy atom. The summed E-state index contributed by atoms with van der Waals surface area (Å²) in [5.41, 5.74) is 3.65. The number of nitrogens with two attached hydrogens (primary N) is 1. The molecule has 1 aliphatic carbocycles. The van der Waals surface area contributed by atoms with E-state index in [0.29, 0.717) is 13.0 Å². The minimum atomic E-state index is -0.984. The normalized spacial score (nSPS) is 27.0. The van der Waals surface area contributed by atoms with Crippen molar-refractivity contribution in [3.8, 4) is 0 Å². The summed E-state index contributed by atoms with van der Waals surface area (Å²) < 4.78 is 4.17. The fourth-order valence-electron chi connectivity index (χ4n) is 0.958. The molecule has 0 bridgehead atoms. The molecule has 2 atom stereocenters. The Kier molecular flexibility index (Phi) is 5.32. The van der Waals surface area contributed by atoms with Crippen molar-refractivity contribution in [3.05, 3.63) is 12.7 Å². The van der Waals surface area contributed by atoms with E-state index in [4.69, 9.17) is 22.4 Å². The average Bonchev–Trinajstić information content (AvgIpc) is 2.79. The molecule has 1 saturated carbocycles. The highest BCUT2D eigenvalue weighted by Gasteiger charge is 2.55. The van der Waals surface area contributed by atoms with Gasteiger partial charge in [0.15, 0.2) is 0 Å². The average molecular weight is 236 g/mol. The molecule has 0 heterocycles. The first-order valence-corrected chi connectivity index (χ1v) is 4.73. The summed E-state index contributed by atoms with van der Waals surface area (Å²) >= 11 is 4.72. The first-order valence-electron chi connectivity index (χ1n) is 4.35. The van der Waals surface area contributed by atoms with E-state index in [1.165, 1.54) is 0 Å². The number of carboxylic acid groups (broad SMARTS) is 1. The summed E-state index contributed by atoms with van der Waals surface area (Å²) in [5, 5.41) is 8.44. The molecule has 1 aliphatic rings. The summed E-state index contributed by atoms with van der Waals surface area (Å²) in [4.78, 5) is 19.9. The first-order chi connectivity index (χ1) is 6.88. The lowest BCUT2D eigenvalue weighted by molar-refractivity contribution is -0.139. The molecule has 1 fully saturated rings. The molecule has 0 aromatic heterocycles. The van der Waals surface area contributed by atoms with Crippen LogP contribution in [0.15, 0.2) is 12.7 Å². The smallest absolute Gasteiger partial charge is 0.403 e. The van der Waals surface area contributed by atoms with Crippen molar-refractivity contribution in [1.29, 1.82) is 0 Å². The van der Waals surface area contributed by atoms with E-state index in [1.54, 1.807) is 13.0 Å². The van der Waals surface area contributed by atoms with Crippen molar-refractivity contribution in [2.75, 3.05) is 6.61 Å². The van der Waals surface area contributed by atoms with E-state index in [0.717, 1.165) is 0 Å². The summed E-state index contributed by atoms with van der Waals surface area (Å²) in [6.45, 7) is 5.50. The van der Waals surface area contributed by atoms with Gasteiger partial charge in [0.2, 0.25) is 0 Å². The highest BCUT2D eigenvalue weighted by molar-refractivity contribution is 6.61. The van der Waals surface area contributed by atoms with Gasteiger partial charge in [-0.05, 0) is 13.3 Å². The molecule has 0 aromatic carbocycles. The molecule has 5 nitrogen and oxygen atoms in total. The molecule has 0 aromatic rings. The lowest BCUT2D eigenvalue weighted by atomic mass is 10.2. The first kappa shape index (κ1) is 13.9. The van der Waals surface area contributed by atoms with Gasteiger partial charge in [0.25, 0.3) is 0 Å². The molecular weight excluding hydrogens is 222 g/mol. The van der Waals surface area contributed by atoms with Crippen LogP contribution in [0.1, 0.15) is 13.3 Å². The zero-order chi connectivity index (χ0) is 12.1. The molecular formula is C9H14ClNO4. The van der Waals surface area contributed by atoms with Gasteiger partial charge in [0, 0.05) is 17.5 Å². The minimum Gasteiger partial charge on any atom is -0.480 e. The molecule has 0 saturated heterocycles. The molecule has 1 rings (SSSR count). The van der Waals surface area contributed by atoms with Crippen LogP contribution in [-0.4, -0.2) is 28.7 Å². The van der Waals surface area contributed by atoms with E-state index in [1.807, 2.05) is 0 Å². The fourth-order valence-corrected chi connectivity index (χ4v) is 1.07. The molecule has 6 heteroatoms. The van der Waals surface area contributed by atoms with Crippen LogP contribution in [0.3, 0.4) is 0 Å². The van der Waals surface area contributed by atoms with Crippen LogP contribution in [0.4, 0.5) is 4.79 Å². The summed E-state index contributed by atoms with van der Waals surface area (Å²) in [5.74, 6) is -0.942. The third-order valence-corrected chi connectivity index (χ3v) is 2.11. The van der Waals surface area contributed by atoms with Crippen LogP contribution < -0.4 is 5.73 Å². The van der Waals surface area contributed by atoms with Gasteiger partial charge in [-0.3, -0.25) is 4.79 Å².